The quantitative estimate of drug-likeness (QED) is 0.645. The van der Waals surface area contributed by atoms with E-state index >= 15 is 0 Å². The number of amides is 1. The zero-order valence-electron chi connectivity index (χ0n) is 8.33. The normalized spacial score (nSPS) is 10.1. The van der Waals surface area contributed by atoms with E-state index in [1.54, 1.807) is 0 Å². The summed E-state index contributed by atoms with van der Waals surface area (Å²) in [6.07, 6.45) is 0.334. The summed E-state index contributed by atoms with van der Waals surface area (Å²) in [6.45, 7) is 0.854. The fraction of sp³-hybridized carbons (Fsp3) is 0.222. The second-order valence-corrected chi connectivity index (χ2v) is 4.63. The molecule has 0 saturated carbocycles. The molecule has 6 heteroatoms. The Hall–Kier alpha value is -1.16. The van der Waals surface area contributed by atoms with Crippen molar-refractivity contribution in [3.63, 3.8) is 0 Å². The highest BCUT2D eigenvalue weighted by atomic mass is 31.2. The molecule has 4 N–H and O–H groups in total. The van der Waals surface area contributed by atoms with Crippen molar-refractivity contribution in [2.75, 3.05) is 6.66 Å². The maximum atomic E-state index is 10.4. The van der Waals surface area contributed by atoms with E-state index in [2.05, 4.69) is 0 Å². The molecular formula is C9H14NO4P. The van der Waals surface area contributed by atoms with Crippen LogP contribution in [0.5, 0.6) is 0 Å². The van der Waals surface area contributed by atoms with Crippen molar-refractivity contribution in [2.24, 2.45) is 5.73 Å². The first kappa shape index (κ1) is 13.8. The van der Waals surface area contributed by atoms with Gasteiger partial charge in [0.25, 0.3) is 0 Å². The van der Waals surface area contributed by atoms with Gasteiger partial charge in [-0.2, -0.15) is 0 Å². The maximum absolute atomic E-state index is 10.4. The summed E-state index contributed by atoms with van der Waals surface area (Å²) < 4.78 is 9.33. The third-order valence-corrected chi connectivity index (χ3v) is 1.22. The molecule has 84 valence electrons. The van der Waals surface area contributed by atoms with E-state index in [0.29, 0.717) is 6.42 Å². The Morgan fingerprint density at radius 3 is 2.07 bits per heavy atom. The Balaban J connectivity index is 0.000000336. The largest absolute Gasteiger partial charge is 0.369 e. The molecule has 0 fully saturated rings. The van der Waals surface area contributed by atoms with Crippen molar-refractivity contribution in [1.82, 2.24) is 0 Å². The molecule has 0 heterocycles. The molecule has 5 nitrogen and oxygen atoms in total. The van der Waals surface area contributed by atoms with Gasteiger partial charge in [0.15, 0.2) is 0 Å². The molecule has 0 bridgehead atoms. The zero-order valence-corrected chi connectivity index (χ0v) is 9.22. The number of benzene rings is 1. The van der Waals surface area contributed by atoms with Crippen LogP contribution in [0, 0.1) is 0 Å². The van der Waals surface area contributed by atoms with Crippen LogP contribution >= 0.6 is 7.60 Å². The SMILES string of the molecule is CP(=O)(O)O.NC(=O)Cc1ccccc1. The Kier molecular flexibility index (Phi) is 5.86. The summed E-state index contributed by atoms with van der Waals surface area (Å²) in [7, 11) is -3.64. The van der Waals surface area contributed by atoms with Crippen molar-refractivity contribution in [2.45, 2.75) is 6.42 Å². The zero-order chi connectivity index (χ0) is 11.9. The van der Waals surface area contributed by atoms with E-state index in [4.69, 9.17) is 15.5 Å². The number of rotatable bonds is 2. The van der Waals surface area contributed by atoms with Crippen LogP contribution in [0.15, 0.2) is 30.3 Å². The lowest BCUT2D eigenvalue weighted by atomic mass is 10.1. The molecule has 0 aliphatic heterocycles. The van der Waals surface area contributed by atoms with Gasteiger partial charge in [0.1, 0.15) is 0 Å². The predicted octanol–water partition coefficient (Wildman–Crippen LogP) is 0.508. The second kappa shape index (κ2) is 6.35. The minimum Gasteiger partial charge on any atom is -0.369 e. The number of primary amides is 1. The first-order valence-electron chi connectivity index (χ1n) is 4.14. The summed E-state index contributed by atoms with van der Waals surface area (Å²) in [6, 6.07) is 9.44. The van der Waals surface area contributed by atoms with E-state index in [1.807, 2.05) is 30.3 Å². The third-order valence-electron chi connectivity index (χ3n) is 1.22. The third kappa shape index (κ3) is 12.8. The molecule has 1 amide bonds. The summed E-state index contributed by atoms with van der Waals surface area (Å²) in [5.41, 5.74) is 5.95. The van der Waals surface area contributed by atoms with Crippen molar-refractivity contribution >= 4 is 13.5 Å². The molecule has 0 aliphatic carbocycles. The summed E-state index contributed by atoms with van der Waals surface area (Å²) in [5, 5.41) is 0. The van der Waals surface area contributed by atoms with Gasteiger partial charge in [-0.25, -0.2) is 0 Å². The molecule has 15 heavy (non-hydrogen) atoms. The molecule has 0 saturated heterocycles. The van der Waals surface area contributed by atoms with Crippen LogP contribution in [-0.2, 0) is 15.8 Å². The highest BCUT2D eigenvalue weighted by Crippen LogP contribution is 2.26. The number of hydrogen-bond acceptors (Lipinski definition) is 2. The van der Waals surface area contributed by atoms with Gasteiger partial charge in [0, 0.05) is 6.66 Å². The molecule has 0 aromatic heterocycles. The fourth-order valence-corrected chi connectivity index (χ4v) is 0.797. The van der Waals surface area contributed by atoms with Crippen LogP contribution in [0.25, 0.3) is 0 Å². The molecule has 0 aliphatic rings. The monoisotopic (exact) mass is 231 g/mol. The average Bonchev–Trinajstić information content (AvgIpc) is 2.01. The summed E-state index contributed by atoms with van der Waals surface area (Å²) in [4.78, 5) is 25.7. The standard InChI is InChI=1S/C8H9NO.CH5O3P/c9-8(10)6-7-4-2-1-3-5-7;1-5(2,3)4/h1-5H,6H2,(H2,9,10);1H3,(H2,2,3,4). The number of carbonyl (C=O) groups is 1. The van der Waals surface area contributed by atoms with Gasteiger partial charge in [-0.05, 0) is 5.56 Å². The topological polar surface area (TPSA) is 101 Å². The Morgan fingerprint density at radius 1 is 1.33 bits per heavy atom. The van der Waals surface area contributed by atoms with Gasteiger partial charge in [0.2, 0.25) is 5.91 Å². The van der Waals surface area contributed by atoms with Crippen LogP contribution in [0.1, 0.15) is 5.56 Å². The van der Waals surface area contributed by atoms with Gasteiger partial charge < -0.3 is 15.5 Å². The molecular weight excluding hydrogens is 217 g/mol. The van der Waals surface area contributed by atoms with E-state index in [0.717, 1.165) is 12.2 Å². The van der Waals surface area contributed by atoms with Gasteiger partial charge in [-0.1, -0.05) is 30.3 Å². The minimum atomic E-state index is -3.64. The lowest BCUT2D eigenvalue weighted by Crippen LogP contribution is -2.13. The Morgan fingerprint density at radius 2 is 1.73 bits per heavy atom. The van der Waals surface area contributed by atoms with E-state index in [1.165, 1.54) is 0 Å². The Labute approximate surface area is 88.1 Å². The molecule has 0 atom stereocenters. The van der Waals surface area contributed by atoms with E-state index in [-0.39, 0.29) is 5.91 Å². The lowest BCUT2D eigenvalue weighted by Gasteiger charge is -1.93. The first-order chi connectivity index (χ1) is 6.79. The lowest BCUT2D eigenvalue weighted by molar-refractivity contribution is -0.117. The smallest absolute Gasteiger partial charge is 0.322 e. The minimum absolute atomic E-state index is 0.286. The van der Waals surface area contributed by atoms with Crippen molar-refractivity contribution in [3.8, 4) is 0 Å². The Bertz CT molecular complexity index is 338. The van der Waals surface area contributed by atoms with E-state index < -0.39 is 7.60 Å². The number of carbonyl (C=O) groups excluding carboxylic acids is 1. The number of hydrogen-bond donors (Lipinski definition) is 3. The number of nitrogens with two attached hydrogens (primary N) is 1. The fourth-order valence-electron chi connectivity index (χ4n) is 0.797. The van der Waals surface area contributed by atoms with Crippen LogP contribution in [0.3, 0.4) is 0 Å². The molecule has 0 unspecified atom stereocenters. The van der Waals surface area contributed by atoms with Crippen molar-refractivity contribution in [3.05, 3.63) is 35.9 Å². The van der Waals surface area contributed by atoms with Crippen LogP contribution < -0.4 is 5.73 Å². The molecule has 1 aromatic rings. The van der Waals surface area contributed by atoms with Gasteiger partial charge in [0.05, 0.1) is 6.42 Å². The second-order valence-electron chi connectivity index (χ2n) is 2.96. The highest BCUT2D eigenvalue weighted by Gasteiger charge is 1.95. The van der Waals surface area contributed by atoms with Gasteiger partial charge >= 0.3 is 7.60 Å². The van der Waals surface area contributed by atoms with Crippen LogP contribution in [0.4, 0.5) is 0 Å². The van der Waals surface area contributed by atoms with Gasteiger partial charge in [-0.3, -0.25) is 9.36 Å². The first-order valence-corrected chi connectivity index (χ1v) is 6.20. The van der Waals surface area contributed by atoms with Crippen molar-refractivity contribution < 1.29 is 19.1 Å². The summed E-state index contributed by atoms with van der Waals surface area (Å²) >= 11 is 0. The molecule has 1 rings (SSSR count). The molecule has 0 spiro atoms. The van der Waals surface area contributed by atoms with Crippen LogP contribution in [-0.4, -0.2) is 22.4 Å². The van der Waals surface area contributed by atoms with E-state index in [9.17, 15) is 9.36 Å². The van der Waals surface area contributed by atoms with Crippen molar-refractivity contribution in [1.29, 1.82) is 0 Å². The summed E-state index contributed by atoms with van der Waals surface area (Å²) in [5.74, 6) is -0.286. The molecule has 0 radical (unpaired) electrons. The maximum Gasteiger partial charge on any atom is 0.322 e. The van der Waals surface area contributed by atoms with Crippen LogP contribution in [0.2, 0.25) is 0 Å². The average molecular weight is 231 g/mol. The highest BCUT2D eigenvalue weighted by molar-refractivity contribution is 7.50. The van der Waals surface area contributed by atoms with Gasteiger partial charge in [-0.15, -0.1) is 0 Å². The predicted molar refractivity (Wildman–Crippen MR) is 57.3 cm³/mol. The molecule has 1 aromatic carbocycles.